The second-order valence-electron chi connectivity index (χ2n) is 3.64. The number of aryl methyl sites for hydroxylation is 1. The number of hydrogen-bond acceptors (Lipinski definition) is 3. The maximum atomic E-state index is 5.66. The van der Waals surface area contributed by atoms with Gasteiger partial charge in [-0.3, -0.25) is 0 Å². The number of nitrogens with zero attached hydrogens (tertiary/aromatic N) is 1. The summed E-state index contributed by atoms with van der Waals surface area (Å²) >= 11 is 0. The Morgan fingerprint density at radius 1 is 1.40 bits per heavy atom. The molecule has 0 spiro atoms. The molecule has 0 aliphatic carbocycles. The van der Waals surface area contributed by atoms with Crippen LogP contribution < -0.4 is 5.32 Å². The SMILES string of the molecule is CCCCc1nc2ccc(NC)cc2o1. The summed E-state index contributed by atoms with van der Waals surface area (Å²) in [6, 6.07) is 5.98. The van der Waals surface area contributed by atoms with Crippen molar-refractivity contribution in [2.24, 2.45) is 0 Å². The van der Waals surface area contributed by atoms with E-state index in [2.05, 4.69) is 17.2 Å². The molecule has 0 bridgehead atoms. The van der Waals surface area contributed by atoms with E-state index < -0.39 is 0 Å². The number of anilines is 1. The zero-order valence-corrected chi connectivity index (χ0v) is 9.21. The summed E-state index contributed by atoms with van der Waals surface area (Å²) in [7, 11) is 1.90. The second-order valence-corrected chi connectivity index (χ2v) is 3.64. The molecule has 1 aromatic heterocycles. The van der Waals surface area contributed by atoms with Crippen molar-refractivity contribution in [3.8, 4) is 0 Å². The van der Waals surface area contributed by atoms with Crippen molar-refractivity contribution >= 4 is 16.8 Å². The van der Waals surface area contributed by atoms with Crippen LogP contribution in [0, 0.1) is 0 Å². The van der Waals surface area contributed by atoms with Crippen LogP contribution in [-0.2, 0) is 6.42 Å². The third-order valence-corrected chi connectivity index (χ3v) is 2.47. The van der Waals surface area contributed by atoms with Crippen LogP contribution in [0.3, 0.4) is 0 Å². The summed E-state index contributed by atoms with van der Waals surface area (Å²) in [6.07, 6.45) is 3.23. The molecular formula is C12H16N2O. The van der Waals surface area contributed by atoms with Crippen LogP contribution in [0.25, 0.3) is 11.1 Å². The van der Waals surface area contributed by atoms with Gasteiger partial charge in [0, 0.05) is 25.2 Å². The lowest BCUT2D eigenvalue weighted by Gasteiger charge is -1.96. The summed E-state index contributed by atoms with van der Waals surface area (Å²) in [4.78, 5) is 4.43. The first-order valence-electron chi connectivity index (χ1n) is 5.40. The fraction of sp³-hybridized carbons (Fsp3) is 0.417. The molecule has 15 heavy (non-hydrogen) atoms. The van der Waals surface area contributed by atoms with Crippen LogP contribution in [0.4, 0.5) is 5.69 Å². The Labute approximate surface area is 89.5 Å². The highest BCUT2D eigenvalue weighted by Crippen LogP contribution is 2.20. The minimum Gasteiger partial charge on any atom is -0.441 e. The van der Waals surface area contributed by atoms with E-state index in [4.69, 9.17) is 4.42 Å². The van der Waals surface area contributed by atoms with Gasteiger partial charge < -0.3 is 9.73 Å². The molecular weight excluding hydrogens is 188 g/mol. The van der Waals surface area contributed by atoms with E-state index in [-0.39, 0.29) is 0 Å². The van der Waals surface area contributed by atoms with Crippen molar-refractivity contribution in [3.63, 3.8) is 0 Å². The molecule has 2 rings (SSSR count). The van der Waals surface area contributed by atoms with E-state index in [0.29, 0.717) is 0 Å². The molecule has 0 amide bonds. The van der Waals surface area contributed by atoms with Gasteiger partial charge in [0.05, 0.1) is 0 Å². The predicted octanol–water partition coefficient (Wildman–Crippen LogP) is 3.21. The summed E-state index contributed by atoms with van der Waals surface area (Å²) in [5, 5.41) is 3.08. The Kier molecular flexibility index (Phi) is 2.90. The zero-order chi connectivity index (χ0) is 10.7. The lowest BCUT2D eigenvalue weighted by atomic mass is 10.2. The first kappa shape index (κ1) is 10.0. The number of hydrogen-bond donors (Lipinski definition) is 1. The molecule has 0 fully saturated rings. The molecule has 0 aliphatic rings. The highest BCUT2D eigenvalue weighted by Gasteiger charge is 2.05. The van der Waals surface area contributed by atoms with Crippen LogP contribution in [-0.4, -0.2) is 12.0 Å². The number of fused-ring (bicyclic) bond motifs is 1. The molecule has 0 atom stereocenters. The standard InChI is InChI=1S/C12H16N2O/c1-3-4-5-12-14-10-7-6-9(13-2)8-11(10)15-12/h6-8,13H,3-5H2,1-2H3. The van der Waals surface area contributed by atoms with Crippen LogP contribution in [0.15, 0.2) is 22.6 Å². The summed E-state index contributed by atoms with van der Waals surface area (Å²) < 4.78 is 5.66. The maximum Gasteiger partial charge on any atom is 0.195 e. The van der Waals surface area contributed by atoms with Gasteiger partial charge in [-0.1, -0.05) is 13.3 Å². The normalized spacial score (nSPS) is 10.8. The Hall–Kier alpha value is -1.51. The monoisotopic (exact) mass is 204 g/mol. The van der Waals surface area contributed by atoms with E-state index in [1.807, 2.05) is 25.2 Å². The molecule has 0 unspecified atom stereocenters. The van der Waals surface area contributed by atoms with Crippen molar-refractivity contribution in [2.75, 3.05) is 12.4 Å². The molecule has 1 aromatic carbocycles. The largest absolute Gasteiger partial charge is 0.441 e. The minimum absolute atomic E-state index is 0.847. The van der Waals surface area contributed by atoms with Gasteiger partial charge in [-0.05, 0) is 18.6 Å². The Morgan fingerprint density at radius 2 is 2.27 bits per heavy atom. The molecule has 1 heterocycles. The number of rotatable bonds is 4. The van der Waals surface area contributed by atoms with Gasteiger partial charge in [0.1, 0.15) is 5.52 Å². The number of benzene rings is 1. The van der Waals surface area contributed by atoms with Gasteiger partial charge >= 0.3 is 0 Å². The van der Waals surface area contributed by atoms with Crippen molar-refractivity contribution in [2.45, 2.75) is 26.2 Å². The highest BCUT2D eigenvalue weighted by molar-refractivity contribution is 5.77. The molecule has 1 N–H and O–H groups in total. The van der Waals surface area contributed by atoms with E-state index in [0.717, 1.165) is 35.5 Å². The van der Waals surface area contributed by atoms with Gasteiger partial charge in [-0.25, -0.2) is 4.98 Å². The maximum absolute atomic E-state index is 5.66. The summed E-state index contributed by atoms with van der Waals surface area (Å²) in [5.41, 5.74) is 2.87. The predicted molar refractivity (Wildman–Crippen MR) is 62.2 cm³/mol. The van der Waals surface area contributed by atoms with Crippen molar-refractivity contribution in [3.05, 3.63) is 24.1 Å². The van der Waals surface area contributed by atoms with Crippen molar-refractivity contribution in [1.82, 2.24) is 4.98 Å². The fourth-order valence-corrected chi connectivity index (χ4v) is 1.56. The van der Waals surface area contributed by atoms with E-state index in [1.165, 1.54) is 6.42 Å². The molecule has 0 radical (unpaired) electrons. The molecule has 3 heteroatoms. The quantitative estimate of drug-likeness (QED) is 0.831. The first-order chi connectivity index (χ1) is 7.33. The number of aromatic nitrogens is 1. The molecule has 2 aromatic rings. The summed E-state index contributed by atoms with van der Waals surface area (Å²) in [6.45, 7) is 2.17. The summed E-state index contributed by atoms with van der Waals surface area (Å²) in [5.74, 6) is 0.847. The smallest absolute Gasteiger partial charge is 0.195 e. The fourth-order valence-electron chi connectivity index (χ4n) is 1.56. The van der Waals surface area contributed by atoms with E-state index in [9.17, 15) is 0 Å². The third-order valence-electron chi connectivity index (χ3n) is 2.47. The Balaban J connectivity index is 2.29. The molecule has 3 nitrogen and oxygen atoms in total. The van der Waals surface area contributed by atoms with Crippen LogP contribution >= 0.6 is 0 Å². The van der Waals surface area contributed by atoms with Crippen LogP contribution in [0.5, 0.6) is 0 Å². The lowest BCUT2D eigenvalue weighted by Crippen LogP contribution is -1.85. The molecule has 80 valence electrons. The van der Waals surface area contributed by atoms with Gasteiger partial charge in [-0.15, -0.1) is 0 Å². The molecule has 0 saturated heterocycles. The van der Waals surface area contributed by atoms with Gasteiger partial charge in [0.2, 0.25) is 0 Å². The average Bonchev–Trinajstić information content (AvgIpc) is 2.67. The average molecular weight is 204 g/mol. The Bertz CT molecular complexity index is 448. The third kappa shape index (κ3) is 2.12. The van der Waals surface area contributed by atoms with Gasteiger partial charge in [0.15, 0.2) is 11.5 Å². The van der Waals surface area contributed by atoms with E-state index >= 15 is 0 Å². The van der Waals surface area contributed by atoms with Crippen LogP contribution in [0.1, 0.15) is 25.7 Å². The minimum atomic E-state index is 0.847. The number of oxazole rings is 1. The first-order valence-corrected chi connectivity index (χ1v) is 5.40. The number of unbranched alkanes of at least 4 members (excludes halogenated alkanes) is 1. The van der Waals surface area contributed by atoms with Gasteiger partial charge in [0.25, 0.3) is 0 Å². The van der Waals surface area contributed by atoms with Crippen molar-refractivity contribution in [1.29, 1.82) is 0 Å². The Morgan fingerprint density at radius 3 is 3.00 bits per heavy atom. The van der Waals surface area contributed by atoms with Crippen molar-refractivity contribution < 1.29 is 4.42 Å². The van der Waals surface area contributed by atoms with Crippen LogP contribution in [0.2, 0.25) is 0 Å². The van der Waals surface area contributed by atoms with E-state index in [1.54, 1.807) is 0 Å². The second kappa shape index (κ2) is 4.34. The van der Waals surface area contributed by atoms with Gasteiger partial charge in [-0.2, -0.15) is 0 Å². The zero-order valence-electron chi connectivity index (χ0n) is 9.21. The molecule has 0 aliphatic heterocycles. The topological polar surface area (TPSA) is 38.1 Å². The highest BCUT2D eigenvalue weighted by atomic mass is 16.3. The number of nitrogens with one attached hydrogen (secondary N) is 1. The lowest BCUT2D eigenvalue weighted by molar-refractivity contribution is 0.518. The molecule has 0 saturated carbocycles.